The van der Waals surface area contributed by atoms with Gasteiger partial charge in [0.1, 0.15) is 0 Å². The number of carbonyl (C=O) groups excluding carboxylic acids is 1. The van der Waals surface area contributed by atoms with Crippen LogP contribution in [0.3, 0.4) is 0 Å². The Kier molecular flexibility index (Phi) is 3.41. The van der Waals surface area contributed by atoms with E-state index in [2.05, 4.69) is 0 Å². The van der Waals surface area contributed by atoms with Gasteiger partial charge < -0.3 is 9.84 Å². The van der Waals surface area contributed by atoms with Gasteiger partial charge in [-0.25, -0.2) is 0 Å². The average Bonchev–Trinajstić information content (AvgIpc) is 2.89. The summed E-state index contributed by atoms with van der Waals surface area (Å²) in [5.74, 6) is -1.26. The highest BCUT2D eigenvalue weighted by atomic mass is 35.5. The lowest BCUT2D eigenvalue weighted by molar-refractivity contribution is -0.150. The Labute approximate surface area is 141 Å². The van der Waals surface area contributed by atoms with Crippen LogP contribution in [-0.2, 0) is 9.53 Å². The van der Waals surface area contributed by atoms with Crippen molar-refractivity contribution < 1.29 is 20.1 Å². The maximum atomic E-state index is 12.6. The number of hydrogen-bond acceptors (Lipinski definition) is 4. The molecule has 2 heterocycles. The number of piperidine rings is 1. The van der Waals surface area contributed by atoms with Crippen LogP contribution in [0.15, 0.2) is 24.3 Å². The summed E-state index contributed by atoms with van der Waals surface area (Å²) in [5.41, 5.74) is 0.925. The third-order valence-corrected chi connectivity index (χ3v) is 5.12. The van der Waals surface area contributed by atoms with Crippen LogP contribution in [0.2, 0.25) is 5.02 Å². The van der Waals surface area contributed by atoms with Crippen LogP contribution in [0, 0.1) is 5.92 Å². The number of nitrogens with zero attached hydrogens (tertiary/aromatic N) is 1. The van der Waals surface area contributed by atoms with Gasteiger partial charge in [0.15, 0.2) is 0 Å². The minimum atomic E-state index is -3.04. The van der Waals surface area contributed by atoms with Crippen molar-refractivity contribution in [3.05, 3.63) is 34.9 Å². The predicted molar refractivity (Wildman–Crippen MR) is 84.9 cm³/mol. The van der Waals surface area contributed by atoms with Crippen LogP contribution >= 0.6 is 11.6 Å². The van der Waals surface area contributed by atoms with Crippen LogP contribution in [-0.4, -0.2) is 48.2 Å². The number of fused-ring (bicyclic) bond motifs is 2. The maximum Gasteiger partial charge on any atom is 0.310 e. The lowest BCUT2D eigenvalue weighted by Gasteiger charge is -2.43. The molecule has 2 aliphatic heterocycles. The van der Waals surface area contributed by atoms with Gasteiger partial charge in [0.05, 0.1) is 22.3 Å². The number of methoxy groups -OCH3 is 1. The first-order valence-corrected chi connectivity index (χ1v) is 7.80. The molecule has 120 valence electrons. The molecule has 5 heteroatoms. The molecule has 0 aromatic heterocycles. The first-order chi connectivity index (χ1) is 12.1. The Bertz CT molecular complexity index is 680. The summed E-state index contributed by atoms with van der Waals surface area (Å²) in [6, 6.07) is 6.42. The van der Waals surface area contributed by atoms with Gasteiger partial charge in [0.25, 0.3) is 0 Å². The van der Waals surface area contributed by atoms with Crippen molar-refractivity contribution in [3.63, 3.8) is 0 Å². The molecule has 1 aromatic carbocycles. The Morgan fingerprint density at radius 3 is 2.82 bits per heavy atom. The fourth-order valence-corrected chi connectivity index (χ4v) is 4.07. The van der Waals surface area contributed by atoms with Crippen molar-refractivity contribution in [1.82, 2.24) is 4.90 Å². The molecule has 2 fully saturated rings. The molecule has 4 nitrogen and oxygen atoms in total. The molecule has 4 atom stereocenters. The largest absolute Gasteiger partial charge is 0.469 e. The molecular weight excluding hydrogens is 302 g/mol. The molecule has 0 aliphatic carbocycles. The van der Waals surface area contributed by atoms with Crippen molar-refractivity contribution in [2.45, 2.75) is 37.3 Å². The van der Waals surface area contributed by atoms with Crippen LogP contribution in [0.5, 0.6) is 0 Å². The van der Waals surface area contributed by atoms with E-state index < -0.39 is 31.0 Å². The first-order valence-electron chi connectivity index (χ1n) is 9.42. The van der Waals surface area contributed by atoms with E-state index in [-0.39, 0.29) is 12.0 Å². The number of carbonyl (C=O) groups is 1. The predicted octanol–water partition coefficient (Wildman–Crippen LogP) is 2.44. The van der Waals surface area contributed by atoms with Crippen LogP contribution < -0.4 is 0 Å². The van der Waals surface area contributed by atoms with Gasteiger partial charge >= 0.3 is 5.97 Å². The van der Waals surface area contributed by atoms with Crippen molar-refractivity contribution in [3.8, 4) is 0 Å². The molecule has 2 bridgehead atoms. The highest BCUT2D eigenvalue weighted by molar-refractivity contribution is 6.30. The minimum absolute atomic E-state index is 0.172. The molecule has 2 saturated heterocycles. The smallest absolute Gasteiger partial charge is 0.310 e. The van der Waals surface area contributed by atoms with E-state index in [1.807, 2.05) is 12.1 Å². The number of hydrogen-bond donors (Lipinski definition) is 1. The monoisotopic (exact) mass is 327 g/mol. The summed E-state index contributed by atoms with van der Waals surface area (Å²) in [4.78, 5) is 13.9. The van der Waals surface area contributed by atoms with Gasteiger partial charge in [-0.1, -0.05) is 23.7 Å². The molecule has 22 heavy (non-hydrogen) atoms. The number of halogens is 1. The van der Waals surface area contributed by atoms with Crippen molar-refractivity contribution in [1.29, 1.82) is 0 Å². The molecule has 0 radical (unpaired) electrons. The Morgan fingerprint density at radius 2 is 2.18 bits per heavy atom. The fraction of sp³-hybridized carbons (Fsp3) is 0.588. The summed E-state index contributed by atoms with van der Waals surface area (Å²) in [6.45, 7) is -5.64. The second-order valence-corrected chi connectivity index (χ2v) is 6.31. The van der Waals surface area contributed by atoms with E-state index in [1.54, 1.807) is 12.1 Å². The van der Waals surface area contributed by atoms with Gasteiger partial charge in [-0.2, -0.15) is 0 Å². The lowest BCUT2D eigenvalue weighted by Crippen LogP contribution is -2.51. The molecule has 1 N–H and O–H groups in total. The third kappa shape index (κ3) is 2.75. The number of ether oxygens (including phenoxy) is 1. The zero-order valence-electron chi connectivity index (χ0n) is 16.3. The summed E-state index contributed by atoms with van der Waals surface area (Å²) in [7, 11) is 1.30. The molecule has 0 saturated carbocycles. The molecule has 0 amide bonds. The Hall–Kier alpha value is -1.10. The molecule has 1 aromatic rings. The normalized spacial score (nSPS) is 35.2. The quantitative estimate of drug-likeness (QED) is 0.863. The standard InChI is InChI=1S/C17H22ClNO3/c1-22-17(21)16-14(11-2-4-12(18)5-3-11)10-13-6-7-15(16)19(13)8-9-20/h2-5,13-16,20H,6-10H2,1H3/t13-,14+,15+,16-/m0/s1/i8D2,9D2. The summed E-state index contributed by atoms with van der Waals surface area (Å²) in [6.07, 6.45) is 1.66. The Balaban J connectivity index is 2.01. The maximum absolute atomic E-state index is 12.6. The van der Waals surface area contributed by atoms with Gasteiger partial charge in [0.2, 0.25) is 0 Å². The fourth-order valence-electron chi connectivity index (χ4n) is 3.95. The number of esters is 1. The SMILES string of the molecule is [2H]C([2H])(O)C([2H])([2H])N1[C@H]2CC[C@@H]1[C@@H](C(=O)OC)[C@@H](c1ccc(Cl)cc1)C2. The van der Waals surface area contributed by atoms with E-state index in [0.717, 1.165) is 5.56 Å². The number of rotatable bonds is 4. The van der Waals surface area contributed by atoms with Gasteiger partial charge in [-0.15, -0.1) is 0 Å². The van der Waals surface area contributed by atoms with E-state index >= 15 is 0 Å². The van der Waals surface area contributed by atoms with Gasteiger partial charge in [-0.05, 0) is 37.0 Å². The van der Waals surface area contributed by atoms with Gasteiger partial charge in [-0.3, -0.25) is 9.69 Å². The number of aliphatic hydroxyl groups is 1. The topological polar surface area (TPSA) is 49.8 Å². The zero-order valence-corrected chi connectivity index (χ0v) is 13.1. The lowest BCUT2D eigenvalue weighted by atomic mass is 9.76. The van der Waals surface area contributed by atoms with E-state index in [1.165, 1.54) is 12.0 Å². The van der Waals surface area contributed by atoms with Crippen molar-refractivity contribution in [2.75, 3.05) is 20.2 Å². The average molecular weight is 328 g/mol. The molecule has 2 aliphatic rings. The first kappa shape index (κ1) is 11.4. The molecule has 3 rings (SSSR count). The second kappa shape index (κ2) is 6.57. The third-order valence-electron chi connectivity index (χ3n) is 4.87. The second-order valence-electron chi connectivity index (χ2n) is 5.87. The van der Waals surface area contributed by atoms with Crippen LogP contribution in [0.1, 0.15) is 36.2 Å². The number of benzene rings is 1. The minimum Gasteiger partial charge on any atom is -0.469 e. The van der Waals surface area contributed by atoms with Gasteiger partial charge in [0, 0.05) is 32.3 Å². The summed E-state index contributed by atoms with van der Waals surface area (Å²) < 4.78 is 36.3. The Morgan fingerprint density at radius 1 is 1.45 bits per heavy atom. The zero-order chi connectivity index (χ0) is 19.3. The summed E-state index contributed by atoms with van der Waals surface area (Å²) >= 11 is 5.96. The van der Waals surface area contributed by atoms with Crippen LogP contribution in [0.4, 0.5) is 0 Å². The molecule has 0 unspecified atom stereocenters. The summed E-state index contributed by atoms with van der Waals surface area (Å²) in [5, 5.41) is 10.3. The highest BCUT2D eigenvalue weighted by Crippen LogP contribution is 2.47. The highest BCUT2D eigenvalue weighted by Gasteiger charge is 2.50. The molecule has 0 spiro atoms. The van der Waals surface area contributed by atoms with Crippen LogP contribution in [0.25, 0.3) is 0 Å². The van der Waals surface area contributed by atoms with Crippen molar-refractivity contribution in [2.24, 2.45) is 5.92 Å². The van der Waals surface area contributed by atoms with Crippen molar-refractivity contribution >= 4 is 17.6 Å². The van der Waals surface area contributed by atoms with E-state index in [4.69, 9.17) is 21.8 Å². The molecular formula is C17H22ClNO3. The van der Waals surface area contributed by atoms with E-state index in [9.17, 15) is 9.90 Å². The van der Waals surface area contributed by atoms with E-state index in [0.29, 0.717) is 24.3 Å².